The first-order valence-corrected chi connectivity index (χ1v) is 8.00. The Morgan fingerprint density at radius 2 is 1.60 bits per heavy atom. The van der Waals surface area contributed by atoms with Crippen molar-refractivity contribution in [3.63, 3.8) is 0 Å². The molecule has 25 heavy (non-hydrogen) atoms. The zero-order chi connectivity index (χ0) is 18.0. The van der Waals surface area contributed by atoms with Crippen molar-refractivity contribution in [2.75, 3.05) is 10.6 Å². The number of anilines is 2. The molecule has 0 aliphatic heterocycles. The third kappa shape index (κ3) is 4.03. The molecule has 2 aromatic carbocycles. The van der Waals surface area contributed by atoms with E-state index in [2.05, 4.69) is 10.6 Å². The number of nitrogens with one attached hydrogen (secondary N) is 2. The second-order valence-corrected chi connectivity index (χ2v) is 6.13. The molecule has 1 saturated carbocycles. The van der Waals surface area contributed by atoms with E-state index in [9.17, 15) is 14.4 Å². The maximum Gasteiger partial charge on any atom is 0.335 e. The van der Waals surface area contributed by atoms with Gasteiger partial charge in [0.1, 0.15) is 0 Å². The number of hydrogen-bond donors (Lipinski definition) is 3. The van der Waals surface area contributed by atoms with Gasteiger partial charge < -0.3 is 15.7 Å². The Morgan fingerprint density at radius 3 is 2.20 bits per heavy atom. The van der Waals surface area contributed by atoms with E-state index in [0.29, 0.717) is 16.9 Å². The van der Waals surface area contributed by atoms with Crippen molar-refractivity contribution in [1.29, 1.82) is 0 Å². The quantitative estimate of drug-likeness (QED) is 0.779. The first kappa shape index (κ1) is 16.7. The summed E-state index contributed by atoms with van der Waals surface area (Å²) in [5.41, 5.74) is 2.41. The standard InChI is InChI=1S/C19H18N2O4/c1-11-2-3-14(19(24)25)10-16(11)21-18(23)13-6-8-15(9-7-13)20-17(22)12-4-5-12/h2-3,6-10,12H,4-5H2,1H3,(H,20,22)(H,21,23)(H,24,25). The first-order chi connectivity index (χ1) is 11.9. The van der Waals surface area contributed by atoms with Crippen molar-refractivity contribution in [2.24, 2.45) is 5.92 Å². The summed E-state index contributed by atoms with van der Waals surface area (Å²) in [4.78, 5) is 35.1. The number of aryl methyl sites for hydroxylation is 1. The molecule has 6 nitrogen and oxygen atoms in total. The first-order valence-electron chi connectivity index (χ1n) is 8.00. The Balaban J connectivity index is 1.69. The number of hydrogen-bond acceptors (Lipinski definition) is 3. The van der Waals surface area contributed by atoms with Crippen LogP contribution in [0.4, 0.5) is 11.4 Å². The monoisotopic (exact) mass is 338 g/mol. The molecule has 2 amide bonds. The lowest BCUT2D eigenvalue weighted by Crippen LogP contribution is -2.15. The molecule has 2 aromatic rings. The smallest absolute Gasteiger partial charge is 0.335 e. The average molecular weight is 338 g/mol. The number of amides is 2. The van der Waals surface area contributed by atoms with Crippen LogP contribution in [0, 0.1) is 12.8 Å². The molecule has 1 aliphatic carbocycles. The molecule has 1 fully saturated rings. The van der Waals surface area contributed by atoms with Gasteiger partial charge in [0.05, 0.1) is 5.56 Å². The van der Waals surface area contributed by atoms with E-state index in [4.69, 9.17) is 5.11 Å². The Labute approximate surface area is 144 Å². The lowest BCUT2D eigenvalue weighted by molar-refractivity contribution is -0.117. The number of carbonyl (C=O) groups is 3. The Morgan fingerprint density at radius 1 is 0.960 bits per heavy atom. The largest absolute Gasteiger partial charge is 0.478 e. The minimum Gasteiger partial charge on any atom is -0.478 e. The number of rotatable bonds is 5. The predicted octanol–water partition coefficient (Wildman–Crippen LogP) is 3.29. The molecular weight excluding hydrogens is 320 g/mol. The van der Waals surface area contributed by atoms with Crippen molar-refractivity contribution >= 4 is 29.2 Å². The van der Waals surface area contributed by atoms with Gasteiger partial charge in [-0.05, 0) is 61.7 Å². The fraction of sp³-hybridized carbons (Fsp3) is 0.211. The Bertz CT molecular complexity index is 839. The van der Waals surface area contributed by atoms with Crippen molar-refractivity contribution in [2.45, 2.75) is 19.8 Å². The normalized spacial score (nSPS) is 13.2. The minimum atomic E-state index is -1.05. The van der Waals surface area contributed by atoms with Gasteiger partial charge in [0.25, 0.3) is 5.91 Å². The summed E-state index contributed by atoms with van der Waals surface area (Å²) in [6.45, 7) is 1.79. The zero-order valence-electron chi connectivity index (χ0n) is 13.7. The molecule has 6 heteroatoms. The van der Waals surface area contributed by atoms with Gasteiger partial charge in [-0.3, -0.25) is 9.59 Å². The molecule has 128 valence electrons. The van der Waals surface area contributed by atoms with Crippen LogP contribution < -0.4 is 10.6 Å². The van der Waals surface area contributed by atoms with Gasteiger partial charge in [0, 0.05) is 22.9 Å². The summed E-state index contributed by atoms with van der Waals surface area (Å²) < 4.78 is 0. The number of carboxylic acid groups (broad SMARTS) is 1. The zero-order valence-corrected chi connectivity index (χ0v) is 13.7. The van der Waals surface area contributed by atoms with Crippen LogP contribution in [0.5, 0.6) is 0 Å². The predicted molar refractivity (Wildman–Crippen MR) is 93.9 cm³/mol. The van der Waals surface area contributed by atoms with Crippen LogP contribution in [-0.2, 0) is 4.79 Å². The van der Waals surface area contributed by atoms with Crippen LogP contribution >= 0.6 is 0 Å². The highest BCUT2D eigenvalue weighted by Gasteiger charge is 2.29. The number of carbonyl (C=O) groups excluding carboxylic acids is 2. The molecule has 0 atom stereocenters. The molecule has 0 unspecified atom stereocenters. The van der Waals surface area contributed by atoms with Crippen LogP contribution in [0.1, 0.15) is 39.1 Å². The SMILES string of the molecule is Cc1ccc(C(=O)O)cc1NC(=O)c1ccc(NC(=O)C2CC2)cc1. The van der Waals surface area contributed by atoms with Crippen LogP contribution in [0.25, 0.3) is 0 Å². The van der Waals surface area contributed by atoms with Gasteiger partial charge in [-0.1, -0.05) is 6.07 Å². The maximum atomic E-state index is 12.4. The van der Waals surface area contributed by atoms with Crippen LogP contribution in [-0.4, -0.2) is 22.9 Å². The fourth-order valence-electron chi connectivity index (χ4n) is 2.38. The van der Waals surface area contributed by atoms with Crippen molar-refractivity contribution in [1.82, 2.24) is 0 Å². The number of carboxylic acids is 1. The van der Waals surface area contributed by atoms with Crippen molar-refractivity contribution in [3.05, 3.63) is 59.2 Å². The molecule has 3 rings (SSSR count). The number of benzene rings is 2. The van der Waals surface area contributed by atoms with E-state index in [1.165, 1.54) is 12.1 Å². The summed E-state index contributed by atoms with van der Waals surface area (Å²) >= 11 is 0. The van der Waals surface area contributed by atoms with Gasteiger partial charge in [-0.2, -0.15) is 0 Å². The van der Waals surface area contributed by atoms with E-state index in [0.717, 1.165) is 18.4 Å². The molecule has 0 spiro atoms. The van der Waals surface area contributed by atoms with Crippen LogP contribution in [0.3, 0.4) is 0 Å². The van der Waals surface area contributed by atoms with Crippen LogP contribution in [0.2, 0.25) is 0 Å². The van der Waals surface area contributed by atoms with Gasteiger partial charge in [-0.25, -0.2) is 4.79 Å². The third-order valence-electron chi connectivity index (χ3n) is 4.10. The molecular formula is C19H18N2O4. The maximum absolute atomic E-state index is 12.4. The second kappa shape index (κ2) is 6.76. The van der Waals surface area contributed by atoms with Crippen molar-refractivity contribution < 1.29 is 19.5 Å². The Hall–Kier alpha value is -3.15. The summed E-state index contributed by atoms with van der Waals surface area (Å²) in [5.74, 6) is -1.26. The van der Waals surface area contributed by atoms with Gasteiger partial charge in [0.15, 0.2) is 0 Å². The van der Waals surface area contributed by atoms with Gasteiger partial charge in [-0.15, -0.1) is 0 Å². The molecule has 0 aromatic heterocycles. The summed E-state index contributed by atoms with van der Waals surface area (Å²) in [6.07, 6.45) is 1.86. The highest BCUT2D eigenvalue weighted by molar-refractivity contribution is 6.05. The summed E-state index contributed by atoms with van der Waals surface area (Å²) in [6, 6.07) is 11.2. The molecule has 0 heterocycles. The molecule has 3 N–H and O–H groups in total. The highest BCUT2D eigenvalue weighted by Crippen LogP contribution is 2.30. The fourth-order valence-corrected chi connectivity index (χ4v) is 2.38. The van der Waals surface area contributed by atoms with E-state index in [1.54, 1.807) is 37.3 Å². The summed E-state index contributed by atoms with van der Waals surface area (Å²) in [7, 11) is 0. The number of aromatic carboxylic acids is 1. The van der Waals surface area contributed by atoms with E-state index >= 15 is 0 Å². The molecule has 0 bridgehead atoms. The minimum absolute atomic E-state index is 0.0123. The van der Waals surface area contributed by atoms with Gasteiger partial charge >= 0.3 is 5.97 Å². The Kier molecular flexibility index (Phi) is 4.52. The molecule has 1 aliphatic rings. The average Bonchev–Trinajstić information content (AvgIpc) is 3.42. The summed E-state index contributed by atoms with van der Waals surface area (Å²) in [5, 5.41) is 14.6. The van der Waals surface area contributed by atoms with E-state index in [1.807, 2.05) is 0 Å². The topological polar surface area (TPSA) is 95.5 Å². The lowest BCUT2D eigenvalue weighted by Gasteiger charge is -2.10. The molecule has 0 radical (unpaired) electrons. The second-order valence-electron chi connectivity index (χ2n) is 6.13. The van der Waals surface area contributed by atoms with Gasteiger partial charge in [0.2, 0.25) is 5.91 Å². The highest BCUT2D eigenvalue weighted by atomic mass is 16.4. The van der Waals surface area contributed by atoms with Crippen molar-refractivity contribution in [3.8, 4) is 0 Å². The lowest BCUT2D eigenvalue weighted by atomic mass is 10.1. The molecule has 0 saturated heterocycles. The van der Waals surface area contributed by atoms with E-state index < -0.39 is 5.97 Å². The van der Waals surface area contributed by atoms with E-state index in [-0.39, 0.29) is 23.3 Å². The third-order valence-corrected chi connectivity index (χ3v) is 4.10. The van der Waals surface area contributed by atoms with Crippen LogP contribution in [0.15, 0.2) is 42.5 Å².